The molecule has 0 bridgehead atoms. The number of aryl methyl sites for hydroxylation is 1. The van der Waals surface area contributed by atoms with Gasteiger partial charge in [-0.1, -0.05) is 26.2 Å². The molecule has 0 spiro atoms. The summed E-state index contributed by atoms with van der Waals surface area (Å²) in [5, 5.41) is 0. The van der Waals surface area contributed by atoms with Gasteiger partial charge >= 0.3 is 0 Å². The molecule has 112 valence electrons. The van der Waals surface area contributed by atoms with Crippen LogP contribution < -0.4 is 16.2 Å². The molecule has 0 radical (unpaired) electrons. The van der Waals surface area contributed by atoms with Gasteiger partial charge in [-0.05, 0) is 25.7 Å². The smallest absolute Gasteiger partial charge is 0.148 e. The first kappa shape index (κ1) is 15.0. The third-order valence-electron chi connectivity index (χ3n) is 4.24. The number of nitrogens with two attached hydrogens (primary N) is 1. The number of rotatable bonds is 5. The largest absolute Gasteiger partial charge is 0.359 e. The Kier molecular flexibility index (Phi) is 5.17. The number of aromatic nitrogens is 2. The summed E-state index contributed by atoms with van der Waals surface area (Å²) in [6.07, 6.45) is 7.65. The third-order valence-corrected chi connectivity index (χ3v) is 4.24. The van der Waals surface area contributed by atoms with Gasteiger partial charge in [0.25, 0.3) is 0 Å². The average molecular weight is 277 g/mol. The van der Waals surface area contributed by atoms with E-state index in [1.54, 1.807) is 0 Å². The quantitative estimate of drug-likeness (QED) is 0.640. The van der Waals surface area contributed by atoms with E-state index in [2.05, 4.69) is 34.3 Å². The number of hydrazine groups is 1. The Morgan fingerprint density at radius 3 is 2.55 bits per heavy atom. The molecular weight excluding hydrogens is 250 g/mol. The lowest BCUT2D eigenvalue weighted by molar-refractivity contribution is 0.361. The van der Waals surface area contributed by atoms with Crippen LogP contribution in [0.3, 0.4) is 0 Å². The zero-order valence-corrected chi connectivity index (χ0v) is 12.9. The molecule has 1 saturated carbocycles. The Bertz CT molecular complexity index is 440. The van der Waals surface area contributed by atoms with Gasteiger partial charge in [-0.3, -0.25) is 0 Å². The highest BCUT2D eigenvalue weighted by Crippen LogP contribution is 2.28. The van der Waals surface area contributed by atoms with Crippen molar-refractivity contribution >= 4 is 11.6 Å². The highest BCUT2D eigenvalue weighted by molar-refractivity contribution is 5.57. The number of hydrogen-bond acceptors (Lipinski definition) is 5. The minimum atomic E-state index is 0.738. The number of hydrogen-bond donors (Lipinski definition) is 2. The van der Waals surface area contributed by atoms with Crippen molar-refractivity contribution in [3.05, 3.63) is 11.4 Å². The van der Waals surface area contributed by atoms with Gasteiger partial charge in [-0.2, -0.15) is 0 Å². The van der Waals surface area contributed by atoms with E-state index in [4.69, 9.17) is 5.84 Å². The van der Waals surface area contributed by atoms with Crippen molar-refractivity contribution in [2.75, 3.05) is 23.9 Å². The van der Waals surface area contributed by atoms with Crippen LogP contribution in [0.4, 0.5) is 11.6 Å². The predicted octanol–water partition coefficient (Wildman–Crippen LogP) is 2.65. The lowest BCUT2D eigenvalue weighted by Crippen LogP contribution is -2.29. The first-order chi connectivity index (χ1) is 9.65. The van der Waals surface area contributed by atoms with Crippen molar-refractivity contribution < 1.29 is 0 Å². The molecule has 0 aliphatic heterocycles. The summed E-state index contributed by atoms with van der Waals surface area (Å²) in [4.78, 5) is 11.4. The fourth-order valence-electron chi connectivity index (χ4n) is 3.06. The van der Waals surface area contributed by atoms with Crippen molar-refractivity contribution in [3.63, 3.8) is 0 Å². The van der Waals surface area contributed by atoms with Gasteiger partial charge in [0.2, 0.25) is 0 Å². The molecule has 20 heavy (non-hydrogen) atoms. The summed E-state index contributed by atoms with van der Waals surface area (Å²) in [5.74, 6) is 8.95. The molecule has 1 aromatic rings. The second-order valence-electron chi connectivity index (χ2n) is 5.82. The van der Waals surface area contributed by atoms with E-state index >= 15 is 0 Å². The van der Waals surface area contributed by atoms with Gasteiger partial charge in [-0.15, -0.1) is 0 Å². The Hall–Kier alpha value is -1.36. The second kappa shape index (κ2) is 6.88. The van der Waals surface area contributed by atoms with E-state index in [1.165, 1.54) is 32.1 Å². The highest BCUT2D eigenvalue weighted by atomic mass is 15.3. The van der Waals surface area contributed by atoms with E-state index in [-0.39, 0.29) is 0 Å². The van der Waals surface area contributed by atoms with E-state index in [0.717, 1.165) is 41.9 Å². The lowest BCUT2D eigenvalue weighted by atomic mass is 9.89. The fraction of sp³-hybridized carbons (Fsp3) is 0.733. The summed E-state index contributed by atoms with van der Waals surface area (Å²) in [6.45, 7) is 5.17. The van der Waals surface area contributed by atoms with E-state index < -0.39 is 0 Å². The first-order valence-corrected chi connectivity index (χ1v) is 7.71. The van der Waals surface area contributed by atoms with Gasteiger partial charge in [0.15, 0.2) is 0 Å². The third kappa shape index (κ3) is 3.39. The Morgan fingerprint density at radius 2 is 1.95 bits per heavy atom. The molecule has 5 nitrogen and oxygen atoms in total. The van der Waals surface area contributed by atoms with Crippen LogP contribution in [0.1, 0.15) is 50.4 Å². The van der Waals surface area contributed by atoms with Crippen LogP contribution in [-0.2, 0) is 6.42 Å². The molecule has 0 saturated heterocycles. The number of nitrogen functional groups attached to an aromatic ring is 1. The Labute approximate surface area is 121 Å². The number of nitrogens with zero attached hydrogens (tertiary/aromatic N) is 3. The molecule has 0 unspecified atom stereocenters. The molecule has 1 aliphatic rings. The monoisotopic (exact) mass is 277 g/mol. The zero-order chi connectivity index (χ0) is 14.5. The van der Waals surface area contributed by atoms with Crippen molar-refractivity contribution in [3.8, 4) is 0 Å². The van der Waals surface area contributed by atoms with Crippen molar-refractivity contribution in [1.29, 1.82) is 0 Å². The van der Waals surface area contributed by atoms with Crippen LogP contribution in [-0.4, -0.2) is 23.6 Å². The molecule has 0 aromatic carbocycles. The summed E-state index contributed by atoms with van der Waals surface area (Å²) in [7, 11) is 2.13. The van der Waals surface area contributed by atoms with E-state index in [1.807, 2.05) is 6.92 Å². The molecule has 0 amide bonds. The van der Waals surface area contributed by atoms with Crippen LogP contribution >= 0.6 is 0 Å². The normalized spacial score (nSPS) is 16.2. The first-order valence-electron chi connectivity index (χ1n) is 7.71. The summed E-state index contributed by atoms with van der Waals surface area (Å²) in [6, 6.07) is 0. The van der Waals surface area contributed by atoms with Gasteiger partial charge in [-0.25, -0.2) is 15.8 Å². The zero-order valence-electron chi connectivity index (χ0n) is 12.9. The molecule has 0 atom stereocenters. The van der Waals surface area contributed by atoms with Crippen LogP contribution in [0, 0.1) is 12.8 Å². The predicted molar refractivity (Wildman–Crippen MR) is 83.8 cm³/mol. The summed E-state index contributed by atoms with van der Waals surface area (Å²) >= 11 is 0. The molecule has 1 aliphatic carbocycles. The lowest BCUT2D eigenvalue weighted by Gasteiger charge is -2.29. The van der Waals surface area contributed by atoms with Crippen molar-refractivity contribution in [2.24, 2.45) is 11.8 Å². The molecule has 1 aromatic heterocycles. The maximum absolute atomic E-state index is 5.57. The van der Waals surface area contributed by atoms with Crippen LogP contribution in [0.2, 0.25) is 0 Å². The van der Waals surface area contributed by atoms with Gasteiger partial charge < -0.3 is 10.3 Å². The molecule has 3 N–H and O–H groups in total. The van der Waals surface area contributed by atoms with Crippen LogP contribution in [0.15, 0.2) is 0 Å². The second-order valence-corrected chi connectivity index (χ2v) is 5.82. The fourth-order valence-corrected chi connectivity index (χ4v) is 3.06. The van der Waals surface area contributed by atoms with Crippen LogP contribution in [0.25, 0.3) is 0 Å². The molecule has 1 heterocycles. The van der Waals surface area contributed by atoms with Gasteiger partial charge in [0, 0.05) is 25.6 Å². The Balaban J connectivity index is 2.16. The maximum Gasteiger partial charge on any atom is 0.148 e. The minimum absolute atomic E-state index is 0.738. The summed E-state index contributed by atoms with van der Waals surface area (Å²) < 4.78 is 0. The minimum Gasteiger partial charge on any atom is -0.359 e. The molecule has 1 fully saturated rings. The molecule has 5 heteroatoms. The van der Waals surface area contributed by atoms with Crippen molar-refractivity contribution in [1.82, 2.24) is 9.97 Å². The molecular formula is C15H27N5. The SMILES string of the molecule is CCc1nc(NN)c(C)c(N(C)CC2CCCCC2)n1. The van der Waals surface area contributed by atoms with E-state index in [9.17, 15) is 0 Å². The van der Waals surface area contributed by atoms with Crippen LogP contribution in [0.5, 0.6) is 0 Å². The highest BCUT2D eigenvalue weighted by Gasteiger charge is 2.19. The number of nitrogens with one attached hydrogen (secondary N) is 1. The standard InChI is InChI=1S/C15H27N5/c1-4-13-17-14(19-16)11(2)15(18-13)20(3)10-12-8-6-5-7-9-12/h12H,4-10,16H2,1-3H3,(H,17,18,19). The van der Waals surface area contributed by atoms with Gasteiger partial charge in [0.05, 0.1) is 0 Å². The van der Waals surface area contributed by atoms with Crippen molar-refractivity contribution in [2.45, 2.75) is 52.4 Å². The van der Waals surface area contributed by atoms with Gasteiger partial charge in [0.1, 0.15) is 17.5 Å². The maximum atomic E-state index is 5.57. The molecule has 2 rings (SSSR count). The summed E-state index contributed by atoms with van der Waals surface area (Å²) in [5.41, 5.74) is 3.72. The van der Waals surface area contributed by atoms with E-state index in [0.29, 0.717) is 0 Å². The average Bonchev–Trinajstić information content (AvgIpc) is 2.48. The Morgan fingerprint density at radius 1 is 1.25 bits per heavy atom. The number of anilines is 2. The topological polar surface area (TPSA) is 67.1 Å².